The van der Waals surface area contributed by atoms with Gasteiger partial charge in [0.25, 0.3) is 5.91 Å². The van der Waals surface area contributed by atoms with Crippen molar-refractivity contribution in [3.05, 3.63) is 78.4 Å². The minimum absolute atomic E-state index is 0.0351. The van der Waals surface area contributed by atoms with Crippen LogP contribution in [0, 0.1) is 0 Å². The number of hydrogen-bond donors (Lipinski definition) is 2. The minimum Gasteiger partial charge on any atom is -0.372 e. The zero-order chi connectivity index (χ0) is 27.4. The van der Waals surface area contributed by atoms with E-state index in [1.807, 2.05) is 11.0 Å². The van der Waals surface area contributed by atoms with Gasteiger partial charge < -0.3 is 19.7 Å². The molecule has 4 heterocycles. The van der Waals surface area contributed by atoms with E-state index in [1.54, 1.807) is 55.0 Å². The number of aromatic amines is 1. The topological polar surface area (TPSA) is 115 Å². The number of aryl methyl sites for hydroxylation is 1. The summed E-state index contributed by atoms with van der Waals surface area (Å²) in [6, 6.07) is 14.7. The summed E-state index contributed by atoms with van der Waals surface area (Å²) in [7, 11) is -1.48. The molecule has 4 aromatic rings. The number of anilines is 3. The van der Waals surface area contributed by atoms with Crippen molar-refractivity contribution < 1.29 is 13.2 Å². The highest BCUT2D eigenvalue weighted by atomic mass is 32.2. The molecule has 0 unspecified atom stereocenters. The average Bonchev–Trinajstić information content (AvgIpc) is 3.39. The molecular formula is C28H33N7O3S. The molecule has 0 saturated carbocycles. The molecule has 3 aromatic heterocycles. The number of nitrogens with one attached hydrogen (secondary N) is 2. The maximum absolute atomic E-state index is 13.3. The summed E-state index contributed by atoms with van der Waals surface area (Å²) in [4.78, 5) is 31.3. The fourth-order valence-corrected chi connectivity index (χ4v) is 5.83. The third-order valence-electron chi connectivity index (χ3n) is 7.05. The largest absolute Gasteiger partial charge is 0.372 e. The lowest BCUT2D eigenvalue weighted by atomic mass is 10.2. The third-order valence-corrected chi connectivity index (χ3v) is 8.34. The smallest absolute Gasteiger partial charge is 0.270 e. The minimum atomic E-state index is -3.54. The molecule has 0 radical (unpaired) electrons. The van der Waals surface area contributed by atoms with Gasteiger partial charge in [-0.1, -0.05) is 0 Å². The molecule has 1 aromatic carbocycles. The number of piperazine rings is 1. The Balaban J connectivity index is 1.22. The molecule has 1 fully saturated rings. The summed E-state index contributed by atoms with van der Waals surface area (Å²) in [6.45, 7) is 5.55. The van der Waals surface area contributed by atoms with Crippen molar-refractivity contribution in [1.82, 2.24) is 19.9 Å². The lowest BCUT2D eigenvalue weighted by Gasteiger charge is -2.36. The number of H-pyrrole nitrogens is 1. The predicted octanol–water partition coefficient (Wildman–Crippen LogP) is 3.36. The zero-order valence-electron chi connectivity index (χ0n) is 22.2. The van der Waals surface area contributed by atoms with Crippen LogP contribution in [0.15, 0.2) is 67.1 Å². The first-order chi connectivity index (χ1) is 18.8. The van der Waals surface area contributed by atoms with Gasteiger partial charge in [-0.15, -0.1) is 0 Å². The number of carbonyl (C=O) groups is 1. The van der Waals surface area contributed by atoms with E-state index in [-0.39, 0.29) is 11.7 Å². The summed E-state index contributed by atoms with van der Waals surface area (Å²) in [6.07, 6.45) is 5.50. The van der Waals surface area contributed by atoms with Gasteiger partial charge in [-0.25, -0.2) is 13.4 Å². The van der Waals surface area contributed by atoms with E-state index in [0.717, 1.165) is 34.5 Å². The number of fused-ring (bicyclic) bond motifs is 1. The molecule has 39 heavy (non-hydrogen) atoms. The quantitative estimate of drug-likeness (QED) is 0.330. The van der Waals surface area contributed by atoms with Crippen LogP contribution in [0.2, 0.25) is 0 Å². The van der Waals surface area contributed by atoms with E-state index in [1.165, 1.54) is 0 Å². The molecule has 1 aliphatic heterocycles. The third kappa shape index (κ3) is 6.14. The molecule has 0 aliphatic carbocycles. The molecule has 0 atom stereocenters. The number of amides is 1. The summed E-state index contributed by atoms with van der Waals surface area (Å²) in [5.74, 6) is 0.833. The van der Waals surface area contributed by atoms with Crippen LogP contribution < -0.4 is 14.5 Å². The average molecular weight is 548 g/mol. The van der Waals surface area contributed by atoms with Crippen LogP contribution in [0.1, 0.15) is 23.0 Å². The van der Waals surface area contributed by atoms with Crippen LogP contribution >= 0.6 is 0 Å². The van der Waals surface area contributed by atoms with Gasteiger partial charge in [0, 0.05) is 75.0 Å². The second-order valence-corrected chi connectivity index (χ2v) is 11.5. The Morgan fingerprint density at radius 2 is 1.82 bits per heavy atom. The summed E-state index contributed by atoms with van der Waals surface area (Å²) < 4.78 is 27.9. The summed E-state index contributed by atoms with van der Waals surface area (Å²) >= 11 is 0. The second kappa shape index (κ2) is 11.3. The van der Waals surface area contributed by atoms with E-state index in [4.69, 9.17) is 0 Å². The van der Waals surface area contributed by atoms with Crippen LogP contribution in [0.25, 0.3) is 10.9 Å². The Hall–Kier alpha value is -4.12. The molecule has 1 saturated heterocycles. The number of benzene rings is 1. The van der Waals surface area contributed by atoms with Gasteiger partial charge in [-0.2, -0.15) is 0 Å². The maximum Gasteiger partial charge on any atom is 0.270 e. The highest BCUT2D eigenvalue weighted by molar-refractivity contribution is 7.92. The van der Waals surface area contributed by atoms with E-state index in [0.29, 0.717) is 44.0 Å². The number of rotatable bonds is 9. The van der Waals surface area contributed by atoms with Gasteiger partial charge in [0.1, 0.15) is 5.69 Å². The number of pyridine rings is 2. The lowest BCUT2D eigenvalue weighted by molar-refractivity contribution is 0.0741. The van der Waals surface area contributed by atoms with Crippen molar-refractivity contribution >= 4 is 44.0 Å². The fourth-order valence-electron chi connectivity index (χ4n) is 4.74. The molecule has 0 bridgehead atoms. The number of nitrogens with zero attached hydrogens (tertiary/aromatic N) is 5. The van der Waals surface area contributed by atoms with E-state index < -0.39 is 10.0 Å². The van der Waals surface area contributed by atoms with Crippen molar-refractivity contribution in [2.24, 2.45) is 0 Å². The Morgan fingerprint density at radius 3 is 2.56 bits per heavy atom. The maximum atomic E-state index is 13.3. The molecule has 11 heteroatoms. The molecule has 0 spiro atoms. The number of hydrogen-bond acceptors (Lipinski definition) is 7. The molecule has 5 rings (SSSR count). The van der Waals surface area contributed by atoms with Gasteiger partial charge in [0.2, 0.25) is 10.0 Å². The van der Waals surface area contributed by atoms with Crippen molar-refractivity contribution in [3.8, 4) is 0 Å². The SMILES string of the molecule is CCN(C)c1cccnc1N1CCN(C(=O)c2cc3cc(NS(=O)(=O)CCc4ccncc4)ccc3[nH]2)CC1. The summed E-state index contributed by atoms with van der Waals surface area (Å²) in [5, 5.41) is 0.770. The van der Waals surface area contributed by atoms with E-state index in [9.17, 15) is 13.2 Å². The van der Waals surface area contributed by atoms with Crippen LogP contribution in [0.5, 0.6) is 0 Å². The fraction of sp³-hybridized carbons (Fsp3) is 0.321. The predicted molar refractivity (Wildman–Crippen MR) is 155 cm³/mol. The monoisotopic (exact) mass is 547 g/mol. The first-order valence-corrected chi connectivity index (χ1v) is 14.7. The first kappa shape index (κ1) is 26.5. The van der Waals surface area contributed by atoms with Crippen molar-refractivity contribution in [2.75, 3.05) is 60.0 Å². The number of aromatic nitrogens is 3. The normalized spacial score (nSPS) is 14.0. The molecule has 1 aliphatic rings. The van der Waals surface area contributed by atoms with Gasteiger partial charge >= 0.3 is 0 Å². The Bertz CT molecular complexity index is 1550. The zero-order valence-corrected chi connectivity index (χ0v) is 23.0. The van der Waals surface area contributed by atoms with Crippen molar-refractivity contribution in [3.63, 3.8) is 0 Å². The van der Waals surface area contributed by atoms with E-state index >= 15 is 0 Å². The molecule has 204 valence electrons. The van der Waals surface area contributed by atoms with Gasteiger partial charge in [0.05, 0.1) is 11.4 Å². The lowest BCUT2D eigenvalue weighted by Crippen LogP contribution is -2.49. The van der Waals surface area contributed by atoms with E-state index in [2.05, 4.69) is 49.5 Å². The molecule has 10 nitrogen and oxygen atoms in total. The van der Waals surface area contributed by atoms with Gasteiger partial charge in [0.15, 0.2) is 5.82 Å². The van der Waals surface area contributed by atoms with Gasteiger partial charge in [-0.05, 0) is 67.4 Å². The van der Waals surface area contributed by atoms with Crippen LogP contribution in [-0.4, -0.2) is 79.7 Å². The van der Waals surface area contributed by atoms with Crippen LogP contribution in [-0.2, 0) is 16.4 Å². The van der Waals surface area contributed by atoms with Gasteiger partial charge in [-0.3, -0.25) is 14.5 Å². The summed E-state index contributed by atoms with van der Waals surface area (Å²) in [5.41, 5.74) is 3.72. The van der Waals surface area contributed by atoms with Crippen LogP contribution in [0.3, 0.4) is 0 Å². The standard InChI is InChI=1S/C28H33N7O3S/c1-3-33(2)26-5-4-11-30-27(26)34-14-16-35(17-15-34)28(36)25-20-22-19-23(6-7-24(22)31-25)32-39(37,38)18-10-21-8-12-29-13-9-21/h4-9,11-13,19-20,31-32H,3,10,14-18H2,1-2H3. The Morgan fingerprint density at radius 1 is 1.05 bits per heavy atom. The first-order valence-electron chi connectivity index (χ1n) is 13.1. The highest BCUT2D eigenvalue weighted by Crippen LogP contribution is 2.27. The van der Waals surface area contributed by atoms with Crippen molar-refractivity contribution in [1.29, 1.82) is 0 Å². The molecule has 1 amide bonds. The number of carbonyl (C=O) groups excluding carboxylic acids is 1. The van der Waals surface area contributed by atoms with Crippen molar-refractivity contribution in [2.45, 2.75) is 13.3 Å². The Labute approximate surface area is 228 Å². The molecule has 2 N–H and O–H groups in total. The van der Waals surface area contributed by atoms with Crippen LogP contribution in [0.4, 0.5) is 17.2 Å². The number of sulfonamides is 1. The second-order valence-electron chi connectivity index (χ2n) is 9.65. The molecular weight excluding hydrogens is 514 g/mol. The Kier molecular flexibility index (Phi) is 7.69. The highest BCUT2D eigenvalue weighted by Gasteiger charge is 2.25.